The highest BCUT2D eigenvalue weighted by atomic mass is 35.5. The van der Waals surface area contributed by atoms with Gasteiger partial charge in [-0.05, 0) is 45.0 Å². The van der Waals surface area contributed by atoms with E-state index in [0.29, 0.717) is 28.7 Å². The van der Waals surface area contributed by atoms with Gasteiger partial charge in [0.25, 0.3) is 0 Å². The first-order chi connectivity index (χ1) is 10.0. The van der Waals surface area contributed by atoms with Crippen molar-refractivity contribution < 1.29 is 9.53 Å². The van der Waals surface area contributed by atoms with E-state index in [0.717, 1.165) is 11.3 Å². The van der Waals surface area contributed by atoms with Crippen molar-refractivity contribution in [1.29, 1.82) is 0 Å². The van der Waals surface area contributed by atoms with Crippen LogP contribution in [0.3, 0.4) is 0 Å². The molecule has 0 aliphatic heterocycles. The quantitative estimate of drug-likeness (QED) is 0.646. The second kappa shape index (κ2) is 6.54. The van der Waals surface area contributed by atoms with Gasteiger partial charge in [-0.15, -0.1) is 10.2 Å². The third kappa shape index (κ3) is 3.49. The molecule has 0 aliphatic rings. The van der Waals surface area contributed by atoms with E-state index in [4.69, 9.17) is 16.3 Å². The molecule has 0 unspecified atom stereocenters. The van der Waals surface area contributed by atoms with Crippen molar-refractivity contribution in [2.75, 3.05) is 6.61 Å². The van der Waals surface area contributed by atoms with Crippen molar-refractivity contribution >= 4 is 29.1 Å². The molecule has 0 saturated heterocycles. The molecule has 6 heteroatoms. The van der Waals surface area contributed by atoms with Crippen molar-refractivity contribution in [2.24, 2.45) is 10.2 Å². The largest absolute Gasteiger partial charge is 0.462 e. The molecule has 0 saturated carbocycles. The summed E-state index contributed by atoms with van der Waals surface area (Å²) in [6.07, 6.45) is 0. The van der Waals surface area contributed by atoms with Crippen LogP contribution in [0.15, 0.2) is 34.5 Å². The fourth-order valence-electron chi connectivity index (χ4n) is 1.96. The molecule has 0 bridgehead atoms. The van der Waals surface area contributed by atoms with Gasteiger partial charge in [-0.3, -0.25) is 0 Å². The number of hydrogen-bond acceptors (Lipinski definition) is 4. The zero-order valence-electron chi connectivity index (χ0n) is 12.1. The Kier molecular flexibility index (Phi) is 4.75. The topological polar surface area (TPSA) is 66.8 Å². The van der Waals surface area contributed by atoms with Crippen LogP contribution in [0.5, 0.6) is 0 Å². The zero-order chi connectivity index (χ0) is 15.4. The predicted octanol–water partition coefficient (Wildman–Crippen LogP) is 4.88. The lowest BCUT2D eigenvalue weighted by Crippen LogP contribution is -2.06. The third-order valence-corrected chi connectivity index (χ3v) is 3.23. The highest BCUT2D eigenvalue weighted by Crippen LogP contribution is 2.27. The maximum Gasteiger partial charge on any atom is 0.340 e. The van der Waals surface area contributed by atoms with E-state index in [1.54, 1.807) is 38.1 Å². The van der Waals surface area contributed by atoms with Crippen molar-refractivity contribution in [1.82, 2.24) is 4.98 Å². The van der Waals surface area contributed by atoms with Crippen LogP contribution in [0.1, 0.15) is 28.5 Å². The number of H-pyrrole nitrogens is 1. The number of ether oxygens (including phenoxy) is 1. The second-order valence-corrected chi connectivity index (χ2v) is 4.93. The van der Waals surface area contributed by atoms with Gasteiger partial charge in [-0.25, -0.2) is 4.79 Å². The summed E-state index contributed by atoms with van der Waals surface area (Å²) in [5.41, 5.74) is 2.64. The average Bonchev–Trinajstić information content (AvgIpc) is 2.73. The molecule has 2 rings (SSSR count). The number of benzene rings is 1. The van der Waals surface area contributed by atoms with Gasteiger partial charge in [0.15, 0.2) is 5.82 Å². The van der Waals surface area contributed by atoms with E-state index in [2.05, 4.69) is 15.2 Å². The number of aromatic amines is 1. The first-order valence-electron chi connectivity index (χ1n) is 6.56. The van der Waals surface area contributed by atoms with Crippen molar-refractivity contribution in [2.45, 2.75) is 20.8 Å². The Morgan fingerprint density at radius 3 is 2.52 bits per heavy atom. The number of nitrogens with one attached hydrogen (secondary N) is 1. The molecule has 1 aromatic heterocycles. The van der Waals surface area contributed by atoms with Gasteiger partial charge in [-0.2, -0.15) is 0 Å². The maximum absolute atomic E-state index is 11.9. The first-order valence-corrected chi connectivity index (χ1v) is 6.94. The van der Waals surface area contributed by atoms with Crippen molar-refractivity contribution in [3.8, 4) is 0 Å². The number of aryl methyl sites for hydroxylation is 1. The van der Waals surface area contributed by atoms with E-state index >= 15 is 0 Å². The Labute approximate surface area is 128 Å². The molecule has 2 aromatic rings. The molecule has 0 amide bonds. The fourth-order valence-corrected chi connectivity index (χ4v) is 2.08. The Morgan fingerprint density at radius 1 is 1.24 bits per heavy atom. The van der Waals surface area contributed by atoms with Crippen LogP contribution < -0.4 is 0 Å². The molecule has 0 spiro atoms. The predicted molar refractivity (Wildman–Crippen MR) is 81.9 cm³/mol. The number of nitrogens with zero attached hydrogens (tertiary/aromatic N) is 2. The first kappa shape index (κ1) is 15.3. The van der Waals surface area contributed by atoms with E-state index in [1.807, 2.05) is 6.92 Å². The van der Waals surface area contributed by atoms with Crippen LogP contribution in [0.25, 0.3) is 0 Å². The molecule has 0 radical (unpaired) electrons. The van der Waals surface area contributed by atoms with E-state index in [1.165, 1.54) is 0 Å². The summed E-state index contributed by atoms with van der Waals surface area (Å²) in [4.78, 5) is 14.9. The normalized spacial score (nSPS) is 11.0. The minimum atomic E-state index is -0.350. The number of halogens is 1. The summed E-state index contributed by atoms with van der Waals surface area (Å²) in [6.45, 7) is 5.73. The maximum atomic E-state index is 11.9. The summed E-state index contributed by atoms with van der Waals surface area (Å²) >= 11 is 5.81. The van der Waals surface area contributed by atoms with Gasteiger partial charge in [0.05, 0.1) is 17.9 Å². The fraction of sp³-hybridized carbons (Fsp3) is 0.267. The molecule has 110 valence electrons. The number of rotatable bonds is 4. The van der Waals surface area contributed by atoms with E-state index < -0.39 is 0 Å². The summed E-state index contributed by atoms with van der Waals surface area (Å²) in [7, 11) is 0. The van der Waals surface area contributed by atoms with Crippen LogP contribution in [0.2, 0.25) is 5.02 Å². The zero-order valence-corrected chi connectivity index (χ0v) is 12.9. The Hall–Kier alpha value is -2.14. The number of aromatic nitrogens is 1. The Morgan fingerprint density at radius 2 is 1.90 bits per heavy atom. The molecule has 0 aliphatic carbocycles. The third-order valence-electron chi connectivity index (χ3n) is 2.98. The number of azo groups is 1. The molecule has 0 atom stereocenters. The van der Waals surface area contributed by atoms with Crippen molar-refractivity contribution in [3.05, 3.63) is 46.1 Å². The standard InChI is InChI=1S/C15H16ClN3O2/c1-4-21-15(20)13-9(2)14(17-10(13)3)19-18-12-7-5-11(16)6-8-12/h5-8,17H,4H2,1-3H3. The summed E-state index contributed by atoms with van der Waals surface area (Å²) in [5, 5.41) is 8.91. The van der Waals surface area contributed by atoms with Gasteiger partial charge in [0, 0.05) is 16.3 Å². The molecule has 1 aromatic carbocycles. The summed E-state index contributed by atoms with van der Waals surface area (Å²) in [6, 6.07) is 7.02. The van der Waals surface area contributed by atoms with Gasteiger partial charge in [0.1, 0.15) is 0 Å². The van der Waals surface area contributed by atoms with Crippen molar-refractivity contribution in [3.63, 3.8) is 0 Å². The molecule has 21 heavy (non-hydrogen) atoms. The van der Waals surface area contributed by atoms with Gasteiger partial charge in [0.2, 0.25) is 0 Å². The average molecular weight is 306 g/mol. The molecule has 1 N–H and O–H groups in total. The minimum Gasteiger partial charge on any atom is -0.462 e. The van der Waals surface area contributed by atoms with E-state index in [9.17, 15) is 4.79 Å². The van der Waals surface area contributed by atoms with Crippen LogP contribution in [-0.2, 0) is 4.74 Å². The van der Waals surface area contributed by atoms with Gasteiger partial charge in [-0.1, -0.05) is 11.6 Å². The summed E-state index contributed by atoms with van der Waals surface area (Å²) in [5.74, 6) is 0.196. The molecular formula is C15H16ClN3O2. The van der Waals surface area contributed by atoms with Crippen LogP contribution in [0.4, 0.5) is 11.5 Å². The summed E-state index contributed by atoms with van der Waals surface area (Å²) < 4.78 is 5.03. The van der Waals surface area contributed by atoms with Gasteiger partial charge < -0.3 is 9.72 Å². The monoisotopic (exact) mass is 305 g/mol. The molecule has 1 heterocycles. The number of esters is 1. The highest BCUT2D eigenvalue weighted by molar-refractivity contribution is 6.30. The number of carbonyl (C=O) groups excluding carboxylic acids is 1. The number of carbonyl (C=O) groups is 1. The van der Waals surface area contributed by atoms with E-state index in [-0.39, 0.29) is 5.97 Å². The molecule has 5 nitrogen and oxygen atoms in total. The second-order valence-electron chi connectivity index (χ2n) is 4.50. The smallest absolute Gasteiger partial charge is 0.340 e. The van der Waals surface area contributed by atoms with Crippen LogP contribution >= 0.6 is 11.6 Å². The molecule has 0 fully saturated rings. The minimum absolute atomic E-state index is 0.338. The lowest BCUT2D eigenvalue weighted by molar-refractivity contribution is 0.0525. The van der Waals surface area contributed by atoms with Gasteiger partial charge >= 0.3 is 5.97 Å². The number of hydrogen-bond donors (Lipinski definition) is 1. The highest BCUT2D eigenvalue weighted by Gasteiger charge is 2.19. The Balaban J connectivity index is 2.27. The lowest BCUT2D eigenvalue weighted by Gasteiger charge is -2.01. The lowest BCUT2D eigenvalue weighted by atomic mass is 10.1. The van der Waals surface area contributed by atoms with Crippen LogP contribution in [-0.4, -0.2) is 17.6 Å². The van der Waals surface area contributed by atoms with Crippen LogP contribution in [0, 0.1) is 13.8 Å². The SMILES string of the molecule is CCOC(=O)c1c(C)[nH]c(N=Nc2ccc(Cl)cc2)c1C. The molecular weight excluding hydrogens is 290 g/mol. The Bertz CT molecular complexity index is 675.